The predicted molar refractivity (Wildman–Crippen MR) is 72.3 cm³/mol. The molecule has 0 spiro atoms. The number of ether oxygens (including phenoxy) is 1. The summed E-state index contributed by atoms with van der Waals surface area (Å²) in [6, 6.07) is 7.16. The molecule has 0 aliphatic heterocycles. The Morgan fingerprint density at radius 2 is 2.06 bits per heavy atom. The number of carbonyl (C=O) groups is 1. The minimum atomic E-state index is -0.271. The van der Waals surface area contributed by atoms with Crippen LogP contribution in [0.25, 0.3) is 0 Å². The maximum absolute atomic E-state index is 10.8. The van der Waals surface area contributed by atoms with Gasteiger partial charge in [-0.25, -0.2) is 0 Å². The molecule has 0 saturated carbocycles. The summed E-state index contributed by atoms with van der Waals surface area (Å²) < 4.78 is 4.51. The molecule has 0 radical (unpaired) electrons. The van der Waals surface area contributed by atoms with Crippen molar-refractivity contribution >= 4 is 40.6 Å². The molecule has 0 bridgehead atoms. The Labute approximate surface area is 110 Å². The van der Waals surface area contributed by atoms with Crippen LogP contribution in [0.15, 0.2) is 24.3 Å². The molecule has 92 valence electrons. The van der Waals surface area contributed by atoms with Crippen molar-refractivity contribution in [3.8, 4) is 0 Å². The molecule has 0 aromatic heterocycles. The first-order chi connectivity index (χ1) is 8.11. The van der Waals surface area contributed by atoms with Crippen molar-refractivity contribution in [1.82, 2.24) is 5.32 Å². The summed E-state index contributed by atoms with van der Waals surface area (Å²) in [5.74, 6) is -0.271. The number of carbonyl (C=O) groups excluding carboxylic acids is 1. The highest BCUT2D eigenvalue weighted by Gasteiger charge is 2.01. The zero-order valence-electron chi connectivity index (χ0n) is 9.33. The van der Waals surface area contributed by atoms with E-state index < -0.39 is 0 Å². The van der Waals surface area contributed by atoms with Gasteiger partial charge in [-0.2, -0.15) is 0 Å². The van der Waals surface area contributed by atoms with Gasteiger partial charge in [-0.1, -0.05) is 11.6 Å². The minimum Gasteiger partial charge on any atom is -0.469 e. The molecular formula is C11H13ClN2O2S. The first-order valence-corrected chi connectivity index (χ1v) is 5.77. The van der Waals surface area contributed by atoms with Gasteiger partial charge < -0.3 is 15.4 Å². The number of anilines is 1. The number of esters is 1. The summed E-state index contributed by atoms with van der Waals surface area (Å²) >= 11 is 10.8. The van der Waals surface area contributed by atoms with Crippen molar-refractivity contribution in [3.63, 3.8) is 0 Å². The largest absolute Gasteiger partial charge is 0.469 e. The lowest BCUT2D eigenvalue weighted by atomic mass is 10.3. The van der Waals surface area contributed by atoms with Gasteiger partial charge in [0, 0.05) is 17.3 Å². The van der Waals surface area contributed by atoms with Gasteiger partial charge in [0.05, 0.1) is 13.5 Å². The fourth-order valence-corrected chi connectivity index (χ4v) is 1.43. The topological polar surface area (TPSA) is 50.4 Å². The molecule has 2 N–H and O–H groups in total. The van der Waals surface area contributed by atoms with Crippen LogP contribution in [0.4, 0.5) is 5.69 Å². The van der Waals surface area contributed by atoms with Gasteiger partial charge in [0.15, 0.2) is 5.11 Å². The van der Waals surface area contributed by atoms with Crippen LogP contribution in [-0.4, -0.2) is 24.7 Å². The van der Waals surface area contributed by atoms with E-state index in [0.29, 0.717) is 16.7 Å². The molecule has 1 aromatic rings. The van der Waals surface area contributed by atoms with Crippen molar-refractivity contribution in [3.05, 3.63) is 29.3 Å². The van der Waals surface area contributed by atoms with Crippen LogP contribution in [0.3, 0.4) is 0 Å². The first-order valence-electron chi connectivity index (χ1n) is 4.99. The molecule has 0 aliphatic rings. The summed E-state index contributed by atoms with van der Waals surface area (Å²) in [6.45, 7) is 0.437. The lowest BCUT2D eigenvalue weighted by Crippen LogP contribution is -2.30. The molecule has 0 aliphatic carbocycles. The third-order valence-electron chi connectivity index (χ3n) is 1.94. The van der Waals surface area contributed by atoms with Crippen LogP contribution >= 0.6 is 23.8 Å². The van der Waals surface area contributed by atoms with Gasteiger partial charge >= 0.3 is 5.97 Å². The molecule has 4 nitrogen and oxygen atoms in total. The van der Waals surface area contributed by atoms with E-state index in [-0.39, 0.29) is 12.4 Å². The number of halogens is 1. The van der Waals surface area contributed by atoms with E-state index in [9.17, 15) is 4.79 Å². The summed E-state index contributed by atoms with van der Waals surface area (Å²) in [5.41, 5.74) is 0.838. The molecule has 17 heavy (non-hydrogen) atoms. The third kappa shape index (κ3) is 5.51. The van der Waals surface area contributed by atoms with E-state index in [0.717, 1.165) is 5.69 Å². The second kappa shape index (κ2) is 7.09. The summed E-state index contributed by atoms with van der Waals surface area (Å²) in [5, 5.41) is 6.99. The molecule has 1 aromatic carbocycles. The highest BCUT2D eigenvalue weighted by molar-refractivity contribution is 7.80. The number of hydrogen-bond acceptors (Lipinski definition) is 3. The Bertz CT molecular complexity index is 395. The lowest BCUT2D eigenvalue weighted by molar-refractivity contribution is -0.140. The first kappa shape index (κ1) is 13.7. The fraction of sp³-hybridized carbons (Fsp3) is 0.273. The molecule has 0 unspecified atom stereocenters. The zero-order chi connectivity index (χ0) is 12.7. The van der Waals surface area contributed by atoms with Crippen LogP contribution in [0.1, 0.15) is 6.42 Å². The molecule has 0 fully saturated rings. The predicted octanol–water partition coefficient (Wildman–Crippen LogP) is 2.19. The number of thiocarbonyl (C=S) groups is 1. The quantitative estimate of drug-likeness (QED) is 0.650. The Hall–Kier alpha value is -1.33. The van der Waals surface area contributed by atoms with E-state index in [1.165, 1.54) is 7.11 Å². The van der Waals surface area contributed by atoms with Gasteiger partial charge in [-0.15, -0.1) is 0 Å². The van der Waals surface area contributed by atoms with E-state index in [2.05, 4.69) is 15.4 Å². The maximum Gasteiger partial charge on any atom is 0.307 e. The molecule has 0 heterocycles. The van der Waals surface area contributed by atoms with Gasteiger partial charge in [-0.3, -0.25) is 4.79 Å². The second-order valence-electron chi connectivity index (χ2n) is 3.21. The van der Waals surface area contributed by atoms with Gasteiger partial charge in [0.2, 0.25) is 0 Å². The number of nitrogens with one attached hydrogen (secondary N) is 2. The van der Waals surface area contributed by atoms with Crippen LogP contribution in [0.5, 0.6) is 0 Å². The molecule has 1 rings (SSSR count). The Morgan fingerprint density at radius 1 is 1.41 bits per heavy atom. The lowest BCUT2D eigenvalue weighted by Gasteiger charge is -2.09. The fourth-order valence-electron chi connectivity index (χ4n) is 1.09. The van der Waals surface area contributed by atoms with E-state index in [1.807, 2.05) is 12.1 Å². The highest BCUT2D eigenvalue weighted by atomic mass is 35.5. The number of hydrogen-bond donors (Lipinski definition) is 2. The highest BCUT2D eigenvalue weighted by Crippen LogP contribution is 2.12. The van der Waals surface area contributed by atoms with Crippen molar-refractivity contribution in [2.45, 2.75) is 6.42 Å². The monoisotopic (exact) mass is 272 g/mol. The van der Waals surface area contributed by atoms with E-state index in [4.69, 9.17) is 23.8 Å². The van der Waals surface area contributed by atoms with Crippen LogP contribution in [-0.2, 0) is 9.53 Å². The molecular weight excluding hydrogens is 260 g/mol. The van der Waals surface area contributed by atoms with Gasteiger partial charge in [-0.05, 0) is 36.5 Å². The van der Waals surface area contributed by atoms with E-state index >= 15 is 0 Å². The standard InChI is InChI=1S/C11H13ClN2O2S/c1-16-10(15)6-7-13-11(17)14-9-4-2-8(12)3-5-9/h2-5H,6-7H2,1H3,(H2,13,14,17). The van der Waals surface area contributed by atoms with Crippen LogP contribution in [0, 0.1) is 0 Å². The van der Waals surface area contributed by atoms with Crippen LogP contribution in [0.2, 0.25) is 5.02 Å². The SMILES string of the molecule is COC(=O)CCNC(=S)Nc1ccc(Cl)cc1. The maximum atomic E-state index is 10.8. The Balaban J connectivity index is 2.30. The number of methoxy groups -OCH3 is 1. The summed E-state index contributed by atoms with van der Waals surface area (Å²) in [4.78, 5) is 10.8. The Morgan fingerprint density at radius 3 is 2.65 bits per heavy atom. The average molecular weight is 273 g/mol. The van der Waals surface area contributed by atoms with Crippen molar-refractivity contribution in [1.29, 1.82) is 0 Å². The molecule has 6 heteroatoms. The van der Waals surface area contributed by atoms with E-state index in [1.54, 1.807) is 12.1 Å². The Kier molecular flexibility index (Phi) is 5.72. The smallest absolute Gasteiger partial charge is 0.307 e. The summed E-state index contributed by atoms with van der Waals surface area (Å²) in [6.07, 6.45) is 0.277. The average Bonchev–Trinajstić information content (AvgIpc) is 2.32. The molecule has 0 amide bonds. The summed E-state index contributed by atoms with van der Waals surface area (Å²) in [7, 11) is 1.35. The minimum absolute atomic E-state index is 0.271. The zero-order valence-corrected chi connectivity index (χ0v) is 10.9. The second-order valence-corrected chi connectivity index (χ2v) is 4.06. The third-order valence-corrected chi connectivity index (χ3v) is 2.44. The van der Waals surface area contributed by atoms with Gasteiger partial charge in [0.1, 0.15) is 0 Å². The molecule has 0 saturated heterocycles. The van der Waals surface area contributed by atoms with Crippen molar-refractivity contribution in [2.24, 2.45) is 0 Å². The normalized spacial score (nSPS) is 9.53. The van der Waals surface area contributed by atoms with Crippen molar-refractivity contribution in [2.75, 3.05) is 19.0 Å². The van der Waals surface area contributed by atoms with Crippen LogP contribution < -0.4 is 10.6 Å². The number of benzene rings is 1. The van der Waals surface area contributed by atoms with Crippen molar-refractivity contribution < 1.29 is 9.53 Å². The van der Waals surface area contributed by atoms with Gasteiger partial charge in [0.25, 0.3) is 0 Å². The number of rotatable bonds is 4. The molecule has 0 atom stereocenters.